The lowest BCUT2D eigenvalue weighted by atomic mass is 9.93. The average Bonchev–Trinajstić information content (AvgIpc) is 2.66. The molecule has 74 valence electrons. The number of rotatable bonds is 5. The lowest BCUT2D eigenvalue weighted by Gasteiger charge is -2.23. The molecule has 3 heteroatoms. The van der Waals surface area contributed by atoms with Gasteiger partial charge in [0.1, 0.15) is 0 Å². The Morgan fingerprint density at radius 2 is 2.15 bits per heavy atom. The quantitative estimate of drug-likeness (QED) is 0.564. The summed E-state index contributed by atoms with van der Waals surface area (Å²) in [7, 11) is 0. The zero-order valence-corrected chi connectivity index (χ0v) is 9.10. The Morgan fingerprint density at radius 3 is 2.54 bits per heavy atom. The topological polar surface area (TPSA) is 38.0 Å². The van der Waals surface area contributed by atoms with Crippen molar-refractivity contribution in [3.63, 3.8) is 0 Å². The van der Waals surface area contributed by atoms with Crippen LogP contribution in [0.25, 0.3) is 0 Å². The molecule has 1 rings (SSSR count). The first-order valence-electron chi connectivity index (χ1n) is 4.83. The van der Waals surface area contributed by atoms with Crippen LogP contribution in [-0.2, 0) is 0 Å². The summed E-state index contributed by atoms with van der Waals surface area (Å²) in [6, 6.07) is 4.55. The zero-order chi connectivity index (χ0) is 9.68. The Kier molecular flexibility index (Phi) is 4.42. The van der Waals surface area contributed by atoms with Crippen molar-refractivity contribution in [3.05, 3.63) is 22.4 Å². The van der Waals surface area contributed by atoms with Crippen molar-refractivity contribution < 1.29 is 0 Å². The van der Waals surface area contributed by atoms with E-state index in [2.05, 4.69) is 36.8 Å². The molecule has 0 saturated carbocycles. The van der Waals surface area contributed by atoms with E-state index in [0.717, 1.165) is 0 Å². The van der Waals surface area contributed by atoms with Crippen LogP contribution >= 0.6 is 11.3 Å². The fourth-order valence-corrected chi connectivity index (χ4v) is 2.56. The predicted molar refractivity (Wildman–Crippen MR) is 58.5 cm³/mol. The fraction of sp³-hybridized carbons (Fsp3) is 0.600. The van der Waals surface area contributed by atoms with E-state index >= 15 is 0 Å². The van der Waals surface area contributed by atoms with E-state index in [4.69, 9.17) is 5.84 Å². The van der Waals surface area contributed by atoms with E-state index in [1.165, 1.54) is 17.7 Å². The smallest absolute Gasteiger partial charge is 0.0581 e. The molecule has 13 heavy (non-hydrogen) atoms. The van der Waals surface area contributed by atoms with Crippen molar-refractivity contribution in [2.24, 2.45) is 11.8 Å². The molecule has 1 heterocycles. The molecule has 0 aromatic carbocycles. The minimum absolute atomic E-state index is 0.329. The molecule has 0 aliphatic carbocycles. The molecule has 0 amide bonds. The average molecular weight is 198 g/mol. The molecule has 0 fully saturated rings. The van der Waals surface area contributed by atoms with Gasteiger partial charge in [0.25, 0.3) is 0 Å². The summed E-state index contributed by atoms with van der Waals surface area (Å²) in [5.74, 6) is 6.21. The van der Waals surface area contributed by atoms with E-state index < -0.39 is 0 Å². The largest absolute Gasteiger partial charge is 0.271 e. The first kappa shape index (κ1) is 10.7. The lowest BCUT2D eigenvalue weighted by Crippen LogP contribution is -2.32. The maximum Gasteiger partial charge on any atom is 0.0581 e. The van der Waals surface area contributed by atoms with Crippen LogP contribution in [-0.4, -0.2) is 0 Å². The second kappa shape index (κ2) is 5.37. The summed E-state index contributed by atoms with van der Waals surface area (Å²) < 4.78 is 0. The lowest BCUT2D eigenvalue weighted by molar-refractivity contribution is 0.350. The molecule has 0 radical (unpaired) electrons. The van der Waals surface area contributed by atoms with Crippen LogP contribution in [0, 0.1) is 5.92 Å². The highest BCUT2D eigenvalue weighted by Gasteiger charge is 2.19. The van der Waals surface area contributed by atoms with Gasteiger partial charge in [-0.05, 0) is 17.4 Å². The Bertz CT molecular complexity index is 217. The Hall–Kier alpha value is -0.380. The Labute approximate surface area is 84.1 Å². The predicted octanol–water partition coefficient (Wildman–Crippen LogP) is 2.69. The third-order valence-corrected chi connectivity index (χ3v) is 3.50. The number of hydrogen-bond acceptors (Lipinski definition) is 3. The van der Waals surface area contributed by atoms with Crippen LogP contribution in [0.3, 0.4) is 0 Å². The van der Waals surface area contributed by atoms with Gasteiger partial charge in [-0.3, -0.25) is 11.3 Å². The van der Waals surface area contributed by atoms with Gasteiger partial charge in [0.2, 0.25) is 0 Å². The zero-order valence-electron chi connectivity index (χ0n) is 8.29. The molecule has 0 aliphatic rings. The number of thiophene rings is 1. The normalized spacial score (nSPS) is 13.5. The minimum atomic E-state index is 0.329. The van der Waals surface area contributed by atoms with Gasteiger partial charge in [-0.1, -0.05) is 32.8 Å². The molecule has 1 atom stereocenters. The monoisotopic (exact) mass is 198 g/mol. The summed E-state index contributed by atoms with van der Waals surface area (Å²) >= 11 is 1.77. The molecule has 0 aliphatic heterocycles. The summed E-state index contributed by atoms with van der Waals surface area (Å²) in [5.41, 5.74) is 2.92. The highest BCUT2D eigenvalue weighted by atomic mass is 32.1. The number of hydrogen-bond donors (Lipinski definition) is 2. The van der Waals surface area contributed by atoms with Crippen molar-refractivity contribution in [3.8, 4) is 0 Å². The molecule has 0 bridgehead atoms. The molecular formula is C10H18N2S. The summed E-state index contributed by atoms with van der Waals surface area (Å²) in [6.07, 6.45) is 2.34. The summed E-state index contributed by atoms with van der Waals surface area (Å²) in [4.78, 5) is 1.34. The van der Waals surface area contributed by atoms with Gasteiger partial charge < -0.3 is 0 Å². The molecule has 1 aromatic rings. The molecular weight excluding hydrogens is 180 g/mol. The number of nitrogens with one attached hydrogen (secondary N) is 1. The van der Waals surface area contributed by atoms with Crippen LogP contribution in [0.1, 0.15) is 37.6 Å². The van der Waals surface area contributed by atoms with Gasteiger partial charge in [0, 0.05) is 4.88 Å². The maximum absolute atomic E-state index is 5.57. The molecule has 1 aromatic heterocycles. The SMILES string of the molecule is CCC(CC)C(NN)c1cccs1. The highest BCUT2D eigenvalue weighted by Crippen LogP contribution is 2.29. The molecule has 3 N–H and O–H groups in total. The van der Waals surface area contributed by atoms with E-state index in [9.17, 15) is 0 Å². The standard InChI is InChI=1S/C10H18N2S/c1-3-8(4-2)10(12-11)9-6-5-7-13-9/h5-8,10,12H,3-4,11H2,1-2H3. The summed E-state index contributed by atoms with van der Waals surface area (Å²) in [6.45, 7) is 4.43. The molecule has 2 nitrogen and oxygen atoms in total. The number of nitrogens with two attached hydrogens (primary N) is 1. The van der Waals surface area contributed by atoms with Gasteiger partial charge in [-0.15, -0.1) is 11.3 Å². The van der Waals surface area contributed by atoms with E-state index in [1.807, 2.05) is 0 Å². The van der Waals surface area contributed by atoms with Crippen LogP contribution in [0.4, 0.5) is 0 Å². The van der Waals surface area contributed by atoms with Crippen molar-refractivity contribution in [1.29, 1.82) is 0 Å². The number of hydrazine groups is 1. The van der Waals surface area contributed by atoms with Crippen molar-refractivity contribution in [1.82, 2.24) is 5.43 Å². The van der Waals surface area contributed by atoms with E-state index in [-0.39, 0.29) is 0 Å². The van der Waals surface area contributed by atoms with Crippen LogP contribution in [0.2, 0.25) is 0 Å². The maximum atomic E-state index is 5.57. The third kappa shape index (κ3) is 2.53. The highest BCUT2D eigenvalue weighted by molar-refractivity contribution is 7.10. The molecule has 1 unspecified atom stereocenters. The first-order chi connectivity index (χ1) is 6.33. The second-order valence-electron chi connectivity index (χ2n) is 3.24. The molecule has 0 saturated heterocycles. The first-order valence-corrected chi connectivity index (χ1v) is 5.70. The Morgan fingerprint density at radius 1 is 1.46 bits per heavy atom. The third-order valence-electron chi connectivity index (χ3n) is 2.55. The minimum Gasteiger partial charge on any atom is -0.271 e. The van der Waals surface area contributed by atoms with Crippen molar-refractivity contribution in [2.75, 3.05) is 0 Å². The molecule has 0 spiro atoms. The van der Waals surface area contributed by atoms with Gasteiger partial charge >= 0.3 is 0 Å². The summed E-state index contributed by atoms with van der Waals surface area (Å²) in [5, 5.41) is 2.10. The van der Waals surface area contributed by atoms with Crippen molar-refractivity contribution >= 4 is 11.3 Å². The van der Waals surface area contributed by atoms with Crippen LogP contribution < -0.4 is 11.3 Å². The van der Waals surface area contributed by atoms with Gasteiger partial charge in [0.15, 0.2) is 0 Å². The Balaban J connectivity index is 2.72. The van der Waals surface area contributed by atoms with Gasteiger partial charge in [0.05, 0.1) is 6.04 Å². The van der Waals surface area contributed by atoms with Crippen LogP contribution in [0.15, 0.2) is 17.5 Å². The van der Waals surface area contributed by atoms with Crippen LogP contribution in [0.5, 0.6) is 0 Å². The fourth-order valence-electron chi connectivity index (χ4n) is 1.68. The second-order valence-corrected chi connectivity index (χ2v) is 4.22. The van der Waals surface area contributed by atoms with Gasteiger partial charge in [-0.2, -0.15) is 0 Å². The van der Waals surface area contributed by atoms with Crippen molar-refractivity contribution in [2.45, 2.75) is 32.7 Å². The van der Waals surface area contributed by atoms with Gasteiger partial charge in [-0.25, -0.2) is 0 Å². The van der Waals surface area contributed by atoms with E-state index in [0.29, 0.717) is 12.0 Å². The van der Waals surface area contributed by atoms with E-state index in [1.54, 1.807) is 11.3 Å².